The van der Waals surface area contributed by atoms with E-state index in [-0.39, 0.29) is 22.8 Å². The van der Waals surface area contributed by atoms with E-state index in [0.29, 0.717) is 5.56 Å². The first-order valence-corrected chi connectivity index (χ1v) is 6.38. The van der Waals surface area contributed by atoms with Crippen molar-refractivity contribution in [2.45, 2.75) is 6.54 Å². The monoisotopic (exact) mass is 311 g/mol. The molecule has 7 heteroatoms. The van der Waals surface area contributed by atoms with Crippen LogP contribution in [0.1, 0.15) is 15.9 Å². The minimum absolute atomic E-state index is 0.0307. The van der Waals surface area contributed by atoms with E-state index >= 15 is 0 Å². The number of rotatable bonds is 4. The Labute approximate surface area is 124 Å². The van der Waals surface area contributed by atoms with Crippen molar-refractivity contribution in [1.82, 2.24) is 5.32 Å². The SMILES string of the molecule is NNc1c(F)cccc1C(=O)NCc1ccc(F)c(Cl)c1. The van der Waals surface area contributed by atoms with Crippen LogP contribution in [0.3, 0.4) is 0 Å². The Morgan fingerprint density at radius 2 is 1.95 bits per heavy atom. The maximum atomic E-state index is 13.5. The van der Waals surface area contributed by atoms with Crippen LogP contribution in [-0.4, -0.2) is 5.91 Å². The van der Waals surface area contributed by atoms with Gasteiger partial charge in [-0.15, -0.1) is 0 Å². The first-order chi connectivity index (χ1) is 10.0. The Kier molecular flexibility index (Phi) is 4.72. The van der Waals surface area contributed by atoms with Gasteiger partial charge in [-0.2, -0.15) is 0 Å². The normalized spacial score (nSPS) is 10.3. The third-order valence-electron chi connectivity index (χ3n) is 2.84. The topological polar surface area (TPSA) is 67.1 Å². The van der Waals surface area contributed by atoms with Gasteiger partial charge in [0.15, 0.2) is 0 Å². The van der Waals surface area contributed by atoms with E-state index in [0.717, 1.165) is 0 Å². The lowest BCUT2D eigenvalue weighted by Gasteiger charge is -2.10. The van der Waals surface area contributed by atoms with Gasteiger partial charge in [0.05, 0.1) is 16.3 Å². The van der Waals surface area contributed by atoms with Crippen molar-refractivity contribution in [2.75, 3.05) is 5.43 Å². The van der Waals surface area contributed by atoms with Crippen LogP contribution in [0.2, 0.25) is 5.02 Å². The largest absolute Gasteiger partial charge is 0.348 e. The molecular weight excluding hydrogens is 300 g/mol. The second-order valence-corrected chi connectivity index (χ2v) is 4.65. The standard InChI is InChI=1S/C14H12ClF2N3O/c15-10-6-8(4-5-11(10)16)7-19-14(21)9-2-1-3-12(17)13(9)20-18/h1-6,20H,7,18H2,(H,19,21). The highest BCUT2D eigenvalue weighted by Gasteiger charge is 2.14. The molecule has 0 radical (unpaired) electrons. The lowest BCUT2D eigenvalue weighted by atomic mass is 10.1. The summed E-state index contributed by atoms with van der Waals surface area (Å²) >= 11 is 5.65. The van der Waals surface area contributed by atoms with Crippen molar-refractivity contribution >= 4 is 23.2 Å². The average molecular weight is 312 g/mol. The van der Waals surface area contributed by atoms with Crippen molar-refractivity contribution in [1.29, 1.82) is 0 Å². The number of amides is 1. The third kappa shape index (κ3) is 3.48. The summed E-state index contributed by atoms with van der Waals surface area (Å²) in [5.41, 5.74) is 2.76. The van der Waals surface area contributed by atoms with Gasteiger partial charge in [-0.1, -0.05) is 23.7 Å². The molecule has 2 rings (SSSR count). The summed E-state index contributed by atoms with van der Waals surface area (Å²) in [6, 6.07) is 8.13. The number of nitrogens with two attached hydrogens (primary N) is 1. The number of nitrogen functional groups attached to an aromatic ring is 1. The van der Waals surface area contributed by atoms with Crippen LogP contribution in [0.15, 0.2) is 36.4 Å². The van der Waals surface area contributed by atoms with E-state index in [4.69, 9.17) is 17.4 Å². The van der Waals surface area contributed by atoms with Crippen molar-refractivity contribution < 1.29 is 13.6 Å². The molecule has 4 nitrogen and oxygen atoms in total. The van der Waals surface area contributed by atoms with Crippen molar-refractivity contribution in [3.63, 3.8) is 0 Å². The molecule has 0 atom stereocenters. The summed E-state index contributed by atoms with van der Waals surface area (Å²) in [7, 11) is 0. The summed E-state index contributed by atoms with van der Waals surface area (Å²) in [5.74, 6) is 3.53. The summed E-state index contributed by atoms with van der Waals surface area (Å²) < 4.78 is 26.5. The first-order valence-electron chi connectivity index (χ1n) is 6.00. The molecule has 0 bridgehead atoms. The van der Waals surface area contributed by atoms with Gasteiger partial charge in [0.2, 0.25) is 0 Å². The van der Waals surface area contributed by atoms with Crippen LogP contribution in [0.4, 0.5) is 14.5 Å². The summed E-state index contributed by atoms with van der Waals surface area (Å²) in [5, 5.41) is 2.55. The molecule has 0 aliphatic carbocycles. The summed E-state index contributed by atoms with van der Waals surface area (Å²) in [6.07, 6.45) is 0. The highest BCUT2D eigenvalue weighted by Crippen LogP contribution is 2.19. The summed E-state index contributed by atoms with van der Waals surface area (Å²) in [6.45, 7) is 0.124. The van der Waals surface area contributed by atoms with Crippen LogP contribution < -0.4 is 16.6 Å². The number of carbonyl (C=O) groups excluding carboxylic acids is 1. The Bertz CT molecular complexity index is 679. The number of nitrogens with one attached hydrogen (secondary N) is 2. The Hall–Kier alpha value is -2.18. The average Bonchev–Trinajstić information content (AvgIpc) is 2.48. The molecule has 0 unspecified atom stereocenters. The van der Waals surface area contributed by atoms with E-state index in [2.05, 4.69) is 10.7 Å². The molecule has 2 aromatic rings. The number of carbonyl (C=O) groups is 1. The Morgan fingerprint density at radius 1 is 1.19 bits per heavy atom. The maximum Gasteiger partial charge on any atom is 0.253 e. The second kappa shape index (κ2) is 6.51. The van der Waals surface area contributed by atoms with Gasteiger partial charge in [-0.05, 0) is 29.8 Å². The number of halogens is 3. The molecular formula is C14H12ClF2N3O. The van der Waals surface area contributed by atoms with Crippen molar-refractivity contribution in [3.05, 3.63) is 64.2 Å². The zero-order valence-corrected chi connectivity index (χ0v) is 11.5. The van der Waals surface area contributed by atoms with Crippen LogP contribution >= 0.6 is 11.6 Å². The quantitative estimate of drug-likeness (QED) is 0.601. The van der Waals surface area contributed by atoms with Crippen LogP contribution in [-0.2, 0) is 6.54 Å². The van der Waals surface area contributed by atoms with Gasteiger partial charge in [-0.3, -0.25) is 10.6 Å². The molecule has 0 aliphatic rings. The van der Waals surface area contributed by atoms with Gasteiger partial charge >= 0.3 is 0 Å². The minimum atomic E-state index is -0.630. The fourth-order valence-corrected chi connectivity index (χ4v) is 1.99. The van der Waals surface area contributed by atoms with E-state index in [1.54, 1.807) is 0 Å². The highest BCUT2D eigenvalue weighted by atomic mass is 35.5. The fraction of sp³-hybridized carbons (Fsp3) is 0.0714. The number of hydrazine groups is 1. The first kappa shape index (κ1) is 15.2. The molecule has 2 aromatic carbocycles. The zero-order valence-electron chi connectivity index (χ0n) is 10.8. The summed E-state index contributed by atoms with van der Waals surface area (Å²) in [4.78, 5) is 12.0. The van der Waals surface area contributed by atoms with Crippen molar-refractivity contribution in [2.24, 2.45) is 5.84 Å². The van der Waals surface area contributed by atoms with E-state index in [1.807, 2.05) is 0 Å². The van der Waals surface area contributed by atoms with Gasteiger partial charge in [0, 0.05) is 6.54 Å². The predicted molar refractivity (Wildman–Crippen MR) is 76.8 cm³/mol. The molecule has 21 heavy (non-hydrogen) atoms. The number of benzene rings is 2. The molecule has 0 saturated heterocycles. The molecule has 0 saturated carbocycles. The van der Waals surface area contributed by atoms with Crippen LogP contribution in [0.5, 0.6) is 0 Å². The highest BCUT2D eigenvalue weighted by molar-refractivity contribution is 6.30. The molecule has 0 spiro atoms. The smallest absolute Gasteiger partial charge is 0.253 e. The van der Waals surface area contributed by atoms with Crippen LogP contribution in [0.25, 0.3) is 0 Å². The number of anilines is 1. The third-order valence-corrected chi connectivity index (χ3v) is 3.13. The van der Waals surface area contributed by atoms with E-state index in [1.165, 1.54) is 36.4 Å². The van der Waals surface area contributed by atoms with Crippen molar-refractivity contribution in [3.8, 4) is 0 Å². The van der Waals surface area contributed by atoms with Gasteiger partial charge < -0.3 is 10.7 Å². The molecule has 0 heterocycles. The lowest BCUT2D eigenvalue weighted by Crippen LogP contribution is -2.25. The molecule has 0 aromatic heterocycles. The number of hydrogen-bond acceptors (Lipinski definition) is 3. The molecule has 0 fully saturated rings. The number of hydrogen-bond donors (Lipinski definition) is 3. The maximum absolute atomic E-state index is 13.5. The van der Waals surface area contributed by atoms with Crippen LogP contribution in [0, 0.1) is 11.6 Å². The molecule has 1 amide bonds. The van der Waals surface area contributed by atoms with E-state index in [9.17, 15) is 13.6 Å². The zero-order chi connectivity index (χ0) is 15.4. The fourth-order valence-electron chi connectivity index (χ4n) is 1.79. The lowest BCUT2D eigenvalue weighted by molar-refractivity contribution is 0.0951. The van der Waals surface area contributed by atoms with Gasteiger partial charge in [-0.25, -0.2) is 8.78 Å². The van der Waals surface area contributed by atoms with Gasteiger partial charge in [0.25, 0.3) is 5.91 Å². The second-order valence-electron chi connectivity index (χ2n) is 4.24. The predicted octanol–water partition coefficient (Wildman–Crippen LogP) is 2.83. The molecule has 4 N–H and O–H groups in total. The number of para-hydroxylation sites is 1. The molecule has 0 aliphatic heterocycles. The van der Waals surface area contributed by atoms with E-state index < -0.39 is 17.5 Å². The van der Waals surface area contributed by atoms with Gasteiger partial charge in [0.1, 0.15) is 11.6 Å². The minimum Gasteiger partial charge on any atom is -0.348 e. The molecule has 110 valence electrons. The Balaban J connectivity index is 2.12. The Morgan fingerprint density at radius 3 is 2.62 bits per heavy atom.